The van der Waals surface area contributed by atoms with Crippen molar-refractivity contribution in [1.82, 2.24) is 20.3 Å². The molecule has 2 aromatic carbocycles. The van der Waals surface area contributed by atoms with Crippen LogP contribution in [-0.2, 0) is 0 Å². The average molecular weight is 421 g/mol. The van der Waals surface area contributed by atoms with E-state index in [0.717, 1.165) is 36.8 Å². The number of hydrogen-bond acceptors (Lipinski definition) is 4. The molecule has 4 N–H and O–H groups in total. The molecule has 3 heterocycles. The van der Waals surface area contributed by atoms with Gasteiger partial charge in [-0.05, 0) is 49.2 Å². The van der Waals surface area contributed by atoms with Gasteiger partial charge in [0.15, 0.2) is 0 Å². The molecule has 0 spiro atoms. The van der Waals surface area contributed by atoms with Gasteiger partial charge in [0.1, 0.15) is 11.6 Å². The number of aromatic nitrogens is 3. The Morgan fingerprint density at radius 3 is 2.71 bits per heavy atom. The number of benzene rings is 2. The Balaban J connectivity index is 1.57. The Morgan fingerprint density at radius 1 is 1.10 bits per heavy atom. The van der Waals surface area contributed by atoms with Crippen LogP contribution in [0.25, 0.3) is 33.3 Å². The van der Waals surface area contributed by atoms with Gasteiger partial charge in [0.2, 0.25) is 5.95 Å². The number of aromatic amines is 2. The van der Waals surface area contributed by atoms with Crippen molar-refractivity contribution < 1.29 is 8.78 Å². The van der Waals surface area contributed by atoms with Crippen molar-refractivity contribution in [1.29, 1.82) is 0 Å². The molecule has 1 fully saturated rings. The molecule has 0 radical (unpaired) electrons. The standard InChI is InChI=1S/C23H21F2N5O/c24-17-4-1-5-18(25)22(17)13-6-7-19-15(9-13)16(12-27-19)20-10-21(31)30-23(29-20)28-14-3-2-8-26-11-14/h1,4-7,9-10,12,14,26-27H,2-3,8,11H2,(H2,28,29,30,31). The van der Waals surface area contributed by atoms with Gasteiger partial charge in [0, 0.05) is 41.3 Å². The third kappa shape index (κ3) is 3.82. The molecule has 8 heteroatoms. The Labute approximate surface area is 176 Å². The van der Waals surface area contributed by atoms with E-state index in [0.29, 0.717) is 22.8 Å². The lowest BCUT2D eigenvalue weighted by Gasteiger charge is -2.24. The third-order valence-corrected chi connectivity index (χ3v) is 5.59. The van der Waals surface area contributed by atoms with Crippen molar-refractivity contribution in [3.8, 4) is 22.4 Å². The first-order valence-corrected chi connectivity index (χ1v) is 10.2. The maximum atomic E-state index is 14.3. The van der Waals surface area contributed by atoms with Gasteiger partial charge < -0.3 is 15.6 Å². The molecule has 5 rings (SSSR count). The van der Waals surface area contributed by atoms with Crippen molar-refractivity contribution >= 4 is 16.9 Å². The second-order valence-electron chi connectivity index (χ2n) is 7.73. The van der Waals surface area contributed by atoms with E-state index in [4.69, 9.17) is 0 Å². The van der Waals surface area contributed by atoms with Crippen LogP contribution in [0.1, 0.15) is 12.8 Å². The fourth-order valence-corrected chi connectivity index (χ4v) is 4.09. The highest BCUT2D eigenvalue weighted by Gasteiger charge is 2.17. The lowest BCUT2D eigenvalue weighted by molar-refractivity contribution is 0.478. The summed E-state index contributed by atoms with van der Waals surface area (Å²) in [5.74, 6) is -0.849. The van der Waals surface area contributed by atoms with Gasteiger partial charge >= 0.3 is 0 Å². The number of H-pyrrole nitrogens is 2. The summed E-state index contributed by atoms with van der Waals surface area (Å²) in [6.45, 7) is 1.79. The molecule has 1 saturated heterocycles. The molecule has 0 aliphatic carbocycles. The summed E-state index contributed by atoms with van der Waals surface area (Å²) in [7, 11) is 0. The molecule has 4 aromatic rings. The molecule has 1 atom stereocenters. The zero-order valence-electron chi connectivity index (χ0n) is 16.6. The maximum absolute atomic E-state index is 14.3. The van der Waals surface area contributed by atoms with E-state index in [1.807, 2.05) is 0 Å². The number of hydrogen-bond donors (Lipinski definition) is 4. The van der Waals surface area contributed by atoms with E-state index in [1.165, 1.54) is 24.3 Å². The minimum atomic E-state index is -0.627. The van der Waals surface area contributed by atoms with Crippen LogP contribution in [0.5, 0.6) is 0 Å². The SMILES string of the molecule is O=c1cc(-c2c[nH]c3ccc(-c4c(F)cccc4F)cc23)nc(NC2CCCNC2)[nH]1. The number of rotatable bonds is 4. The topological polar surface area (TPSA) is 85.6 Å². The van der Waals surface area contributed by atoms with E-state index in [2.05, 4.69) is 25.6 Å². The van der Waals surface area contributed by atoms with Crippen LogP contribution in [-0.4, -0.2) is 34.1 Å². The number of halogens is 2. The van der Waals surface area contributed by atoms with E-state index in [-0.39, 0.29) is 17.2 Å². The smallest absolute Gasteiger partial charge is 0.252 e. The second kappa shape index (κ2) is 7.96. The fraction of sp³-hybridized carbons (Fsp3) is 0.217. The number of anilines is 1. The van der Waals surface area contributed by atoms with Crippen molar-refractivity contribution in [3.63, 3.8) is 0 Å². The fourth-order valence-electron chi connectivity index (χ4n) is 4.09. The van der Waals surface area contributed by atoms with Crippen LogP contribution >= 0.6 is 0 Å². The first kappa shape index (κ1) is 19.4. The van der Waals surface area contributed by atoms with Gasteiger partial charge in [0.25, 0.3) is 5.56 Å². The molecule has 1 aliphatic rings. The van der Waals surface area contributed by atoms with Crippen molar-refractivity contribution in [3.05, 3.63) is 70.6 Å². The minimum Gasteiger partial charge on any atom is -0.360 e. The van der Waals surface area contributed by atoms with E-state index in [1.54, 1.807) is 24.4 Å². The Bertz CT molecular complexity index is 1290. The van der Waals surface area contributed by atoms with Gasteiger partial charge in [-0.3, -0.25) is 9.78 Å². The molecule has 1 unspecified atom stereocenters. The number of nitrogens with zero attached hydrogens (tertiary/aromatic N) is 1. The van der Waals surface area contributed by atoms with Crippen LogP contribution < -0.4 is 16.2 Å². The summed E-state index contributed by atoms with van der Waals surface area (Å²) in [6.07, 6.45) is 3.80. The zero-order valence-corrected chi connectivity index (χ0v) is 16.6. The molecule has 31 heavy (non-hydrogen) atoms. The number of fused-ring (bicyclic) bond motifs is 1. The summed E-state index contributed by atoms with van der Waals surface area (Å²) < 4.78 is 28.6. The predicted molar refractivity (Wildman–Crippen MR) is 117 cm³/mol. The van der Waals surface area contributed by atoms with Crippen LogP contribution in [0.2, 0.25) is 0 Å². The van der Waals surface area contributed by atoms with Crippen molar-refractivity contribution in [2.24, 2.45) is 0 Å². The minimum absolute atomic E-state index is 0.0810. The lowest BCUT2D eigenvalue weighted by Crippen LogP contribution is -2.39. The quantitative estimate of drug-likeness (QED) is 0.401. The summed E-state index contributed by atoms with van der Waals surface area (Å²) in [6, 6.07) is 10.6. The van der Waals surface area contributed by atoms with Crippen LogP contribution in [0.4, 0.5) is 14.7 Å². The number of piperidine rings is 1. The molecule has 2 aromatic heterocycles. The largest absolute Gasteiger partial charge is 0.360 e. The highest BCUT2D eigenvalue weighted by Crippen LogP contribution is 2.33. The van der Waals surface area contributed by atoms with Gasteiger partial charge in [-0.15, -0.1) is 0 Å². The average Bonchev–Trinajstić information content (AvgIpc) is 3.17. The Hall–Kier alpha value is -3.52. The summed E-state index contributed by atoms with van der Waals surface area (Å²) in [4.78, 5) is 22.8. The normalized spacial score (nSPS) is 16.5. The van der Waals surface area contributed by atoms with E-state index in [9.17, 15) is 13.6 Å². The lowest BCUT2D eigenvalue weighted by atomic mass is 10.0. The van der Waals surface area contributed by atoms with E-state index < -0.39 is 11.6 Å². The highest BCUT2D eigenvalue weighted by molar-refractivity contribution is 5.97. The molecule has 0 saturated carbocycles. The van der Waals surface area contributed by atoms with E-state index >= 15 is 0 Å². The molecular formula is C23H21F2N5O. The maximum Gasteiger partial charge on any atom is 0.252 e. The molecule has 6 nitrogen and oxygen atoms in total. The Morgan fingerprint density at radius 2 is 1.94 bits per heavy atom. The first-order valence-electron chi connectivity index (χ1n) is 10.2. The molecule has 1 aliphatic heterocycles. The molecular weight excluding hydrogens is 400 g/mol. The Kier molecular flexibility index (Phi) is 4.99. The highest BCUT2D eigenvalue weighted by atomic mass is 19.1. The zero-order chi connectivity index (χ0) is 21.4. The second-order valence-corrected chi connectivity index (χ2v) is 7.73. The molecule has 158 valence electrons. The summed E-state index contributed by atoms with van der Waals surface area (Å²) >= 11 is 0. The van der Waals surface area contributed by atoms with Gasteiger partial charge in [-0.25, -0.2) is 13.8 Å². The number of nitrogens with one attached hydrogen (secondary N) is 4. The van der Waals surface area contributed by atoms with Crippen LogP contribution in [0.3, 0.4) is 0 Å². The summed E-state index contributed by atoms with van der Waals surface area (Å²) in [5.41, 5.74) is 2.01. The van der Waals surface area contributed by atoms with Crippen molar-refractivity contribution in [2.75, 3.05) is 18.4 Å². The predicted octanol–water partition coefficient (Wildman–Crippen LogP) is 4.03. The first-order chi connectivity index (χ1) is 15.1. The van der Waals surface area contributed by atoms with Crippen LogP contribution in [0.15, 0.2) is 53.5 Å². The molecule has 0 amide bonds. The van der Waals surface area contributed by atoms with Crippen LogP contribution in [0, 0.1) is 11.6 Å². The monoisotopic (exact) mass is 421 g/mol. The third-order valence-electron chi connectivity index (χ3n) is 5.59. The summed E-state index contributed by atoms with van der Waals surface area (Å²) in [5, 5.41) is 7.33. The van der Waals surface area contributed by atoms with Gasteiger partial charge in [-0.1, -0.05) is 12.1 Å². The molecule has 0 bridgehead atoms. The van der Waals surface area contributed by atoms with Gasteiger partial charge in [-0.2, -0.15) is 0 Å². The van der Waals surface area contributed by atoms with Gasteiger partial charge in [0.05, 0.1) is 11.3 Å². The van der Waals surface area contributed by atoms with Crippen molar-refractivity contribution in [2.45, 2.75) is 18.9 Å².